The number of rotatable bonds is 11. The van der Waals surface area contributed by atoms with Crippen molar-refractivity contribution in [2.75, 3.05) is 39.3 Å². The molecular formula is C28H43N5O4. The van der Waals surface area contributed by atoms with Crippen LogP contribution in [0, 0.1) is 11.8 Å². The number of nitrogens with zero attached hydrogens (tertiary/aromatic N) is 3. The summed E-state index contributed by atoms with van der Waals surface area (Å²) in [5.41, 5.74) is 5.49. The molecule has 2 unspecified atom stereocenters. The molecule has 2 aliphatic rings. The van der Waals surface area contributed by atoms with Crippen LogP contribution >= 0.6 is 0 Å². The Balaban J connectivity index is 1.51. The number of piperidine rings is 2. The van der Waals surface area contributed by atoms with Gasteiger partial charge in [0.1, 0.15) is 17.6 Å². The number of benzene rings is 1. The number of nitrogens with one attached hydrogen (secondary N) is 1. The van der Waals surface area contributed by atoms with Crippen LogP contribution in [-0.2, 0) is 14.4 Å². The van der Waals surface area contributed by atoms with Gasteiger partial charge in [-0.05, 0) is 50.2 Å². The molecule has 204 valence electrons. The average Bonchev–Trinajstić information content (AvgIpc) is 2.93. The maximum atomic E-state index is 12.5. The standard InChI is InChI=1S/C28H43N5O4/c1-3-4-14-28(21-34,24-9-8-15-33(19-24)22(2)35)31-27(29)30-18-23-12-16-32(17-13-23)26(36)20-37-25-10-6-5-7-11-25/h5-7,10-11,21,23-24H,3-4,8-9,12-20H2,1-2H3,(H3,29,30,31). The molecule has 9 heteroatoms. The normalized spacial score (nSPS) is 20.7. The number of nitrogens with two attached hydrogens (primary N) is 1. The highest BCUT2D eigenvalue weighted by molar-refractivity contribution is 5.83. The minimum Gasteiger partial charge on any atom is -0.484 e. The first-order chi connectivity index (χ1) is 17.9. The van der Waals surface area contributed by atoms with Crippen LogP contribution in [0.15, 0.2) is 35.3 Å². The second-order valence-electron chi connectivity index (χ2n) is 10.3. The molecule has 0 radical (unpaired) electrons. The number of likely N-dealkylation sites (tertiary alicyclic amines) is 2. The predicted molar refractivity (Wildman–Crippen MR) is 144 cm³/mol. The van der Waals surface area contributed by atoms with Gasteiger partial charge in [-0.2, -0.15) is 0 Å². The molecule has 0 saturated carbocycles. The van der Waals surface area contributed by atoms with E-state index in [0.717, 1.165) is 51.4 Å². The number of aldehydes is 1. The minimum atomic E-state index is -0.827. The molecule has 2 fully saturated rings. The lowest BCUT2D eigenvalue weighted by atomic mass is 9.76. The third-order valence-electron chi connectivity index (χ3n) is 7.70. The van der Waals surface area contributed by atoms with Crippen molar-refractivity contribution in [1.29, 1.82) is 0 Å². The van der Waals surface area contributed by atoms with Crippen LogP contribution in [0.25, 0.3) is 0 Å². The van der Waals surface area contributed by atoms with Crippen molar-refractivity contribution in [3.05, 3.63) is 30.3 Å². The van der Waals surface area contributed by atoms with E-state index >= 15 is 0 Å². The summed E-state index contributed by atoms with van der Waals surface area (Å²) in [5.74, 6) is 1.32. The maximum absolute atomic E-state index is 12.5. The van der Waals surface area contributed by atoms with E-state index in [0.29, 0.717) is 44.3 Å². The number of hydrogen-bond donors (Lipinski definition) is 2. The molecule has 37 heavy (non-hydrogen) atoms. The molecule has 0 aromatic heterocycles. The van der Waals surface area contributed by atoms with Crippen LogP contribution in [0.5, 0.6) is 5.75 Å². The molecule has 0 aliphatic carbocycles. The highest BCUT2D eigenvalue weighted by atomic mass is 16.5. The summed E-state index contributed by atoms with van der Waals surface area (Å²) in [4.78, 5) is 45.2. The molecule has 0 bridgehead atoms. The molecular weight excluding hydrogens is 470 g/mol. The first-order valence-electron chi connectivity index (χ1n) is 13.6. The maximum Gasteiger partial charge on any atom is 0.260 e. The molecule has 2 saturated heterocycles. The largest absolute Gasteiger partial charge is 0.484 e. The van der Waals surface area contributed by atoms with Crippen LogP contribution in [0.3, 0.4) is 0 Å². The van der Waals surface area contributed by atoms with E-state index < -0.39 is 5.54 Å². The lowest BCUT2D eigenvalue weighted by molar-refractivity contribution is -0.134. The van der Waals surface area contributed by atoms with Gasteiger partial charge in [-0.25, -0.2) is 0 Å². The Kier molecular flexibility index (Phi) is 10.8. The van der Waals surface area contributed by atoms with Crippen molar-refractivity contribution >= 4 is 24.1 Å². The third kappa shape index (κ3) is 8.20. The van der Waals surface area contributed by atoms with E-state index in [1.54, 1.807) is 6.92 Å². The van der Waals surface area contributed by atoms with Crippen LogP contribution in [0.4, 0.5) is 0 Å². The second-order valence-corrected chi connectivity index (χ2v) is 10.3. The topological polar surface area (TPSA) is 117 Å². The van der Waals surface area contributed by atoms with E-state index in [1.807, 2.05) is 40.1 Å². The first kappa shape index (κ1) is 28.5. The first-order valence-corrected chi connectivity index (χ1v) is 13.6. The number of unbranched alkanes of at least 4 members (excludes halogenated alkanes) is 1. The summed E-state index contributed by atoms with van der Waals surface area (Å²) in [6.07, 6.45) is 6.93. The number of carbonyl (C=O) groups excluding carboxylic acids is 3. The number of ether oxygens (including phenoxy) is 1. The van der Waals surface area contributed by atoms with E-state index in [9.17, 15) is 14.4 Å². The van der Waals surface area contributed by atoms with Crippen molar-refractivity contribution in [3.8, 4) is 5.75 Å². The van der Waals surface area contributed by atoms with Gasteiger partial charge in [0.25, 0.3) is 5.91 Å². The summed E-state index contributed by atoms with van der Waals surface area (Å²) in [5, 5.41) is 3.28. The van der Waals surface area contributed by atoms with Gasteiger partial charge in [-0.15, -0.1) is 0 Å². The van der Waals surface area contributed by atoms with Crippen molar-refractivity contribution in [1.82, 2.24) is 15.1 Å². The van der Waals surface area contributed by atoms with Gasteiger partial charge in [-0.3, -0.25) is 14.6 Å². The van der Waals surface area contributed by atoms with Gasteiger partial charge in [0, 0.05) is 45.6 Å². The highest BCUT2D eigenvalue weighted by Gasteiger charge is 2.41. The van der Waals surface area contributed by atoms with Gasteiger partial charge >= 0.3 is 0 Å². The third-order valence-corrected chi connectivity index (χ3v) is 7.70. The quantitative estimate of drug-likeness (QED) is 0.267. The smallest absolute Gasteiger partial charge is 0.260 e. The highest BCUT2D eigenvalue weighted by Crippen LogP contribution is 2.30. The molecule has 2 amide bonds. The summed E-state index contributed by atoms with van der Waals surface area (Å²) in [6, 6.07) is 9.35. The van der Waals surface area contributed by atoms with Crippen molar-refractivity contribution in [3.63, 3.8) is 0 Å². The molecule has 1 aromatic rings. The van der Waals surface area contributed by atoms with Gasteiger partial charge < -0.3 is 30.4 Å². The molecule has 2 aliphatic heterocycles. The molecule has 1 aromatic carbocycles. The fourth-order valence-corrected chi connectivity index (χ4v) is 5.33. The van der Waals surface area contributed by atoms with Gasteiger partial charge in [-0.1, -0.05) is 38.0 Å². The zero-order valence-electron chi connectivity index (χ0n) is 22.4. The van der Waals surface area contributed by atoms with Crippen molar-refractivity contribution < 1.29 is 19.1 Å². The van der Waals surface area contributed by atoms with Crippen LogP contribution in [-0.4, -0.2) is 78.7 Å². The van der Waals surface area contributed by atoms with Gasteiger partial charge in [0.05, 0.1) is 0 Å². The predicted octanol–water partition coefficient (Wildman–Crippen LogP) is 2.59. The molecule has 2 heterocycles. The van der Waals surface area contributed by atoms with E-state index in [4.69, 9.17) is 10.5 Å². The van der Waals surface area contributed by atoms with E-state index in [2.05, 4.69) is 17.2 Å². The summed E-state index contributed by atoms with van der Waals surface area (Å²) >= 11 is 0. The monoisotopic (exact) mass is 513 g/mol. The number of hydrogen-bond acceptors (Lipinski definition) is 5. The lowest BCUT2D eigenvalue weighted by Gasteiger charge is -2.43. The fourth-order valence-electron chi connectivity index (χ4n) is 5.33. The fraction of sp³-hybridized carbons (Fsp3) is 0.643. The van der Waals surface area contributed by atoms with E-state index in [1.165, 1.54) is 0 Å². The minimum absolute atomic E-state index is 0.00435. The number of para-hydroxylation sites is 1. The van der Waals surface area contributed by atoms with Crippen molar-refractivity contribution in [2.24, 2.45) is 22.6 Å². The Morgan fingerprint density at radius 3 is 2.54 bits per heavy atom. The molecule has 3 N–H and O–H groups in total. The van der Waals surface area contributed by atoms with E-state index in [-0.39, 0.29) is 30.3 Å². The van der Waals surface area contributed by atoms with Gasteiger partial charge in [0.2, 0.25) is 5.91 Å². The molecule has 9 nitrogen and oxygen atoms in total. The van der Waals surface area contributed by atoms with Gasteiger partial charge in [0.15, 0.2) is 12.6 Å². The Morgan fingerprint density at radius 1 is 1.16 bits per heavy atom. The summed E-state index contributed by atoms with van der Waals surface area (Å²) in [6.45, 7) is 6.89. The lowest BCUT2D eigenvalue weighted by Crippen LogP contribution is -2.61. The number of aliphatic imine (C=N–C) groups is 1. The van der Waals surface area contributed by atoms with Crippen LogP contribution in [0.2, 0.25) is 0 Å². The Morgan fingerprint density at radius 2 is 1.89 bits per heavy atom. The van der Waals surface area contributed by atoms with Crippen molar-refractivity contribution in [2.45, 2.75) is 64.3 Å². The Hall–Kier alpha value is -3.10. The zero-order chi connectivity index (χ0) is 26.7. The van der Waals surface area contributed by atoms with Crippen LogP contribution in [0.1, 0.15) is 58.8 Å². The second kappa shape index (κ2) is 14.0. The summed E-state index contributed by atoms with van der Waals surface area (Å²) < 4.78 is 5.59. The Bertz CT molecular complexity index is 916. The molecule has 3 rings (SSSR count). The Labute approximate surface area is 220 Å². The molecule has 2 atom stereocenters. The van der Waals surface area contributed by atoms with Crippen LogP contribution < -0.4 is 15.8 Å². The molecule has 0 spiro atoms. The SMILES string of the molecule is CCCCC(C=O)(NC(N)=NCC1CCN(C(=O)COc2ccccc2)CC1)C1CCCN(C(C)=O)C1. The average molecular weight is 514 g/mol. The summed E-state index contributed by atoms with van der Waals surface area (Å²) in [7, 11) is 0. The number of guanidine groups is 1. The zero-order valence-corrected chi connectivity index (χ0v) is 22.4. The number of amides is 2. The number of carbonyl (C=O) groups is 3.